The molecule has 0 saturated heterocycles. The fourth-order valence-corrected chi connectivity index (χ4v) is 2.72. The standard InChI is InChI=1S/C16H13N2/c1-2-5-12(6-3-1)14-11-18-15-8-4-7-13(15)9-10-16(18)17-14/h1-10,14H,11H2. The molecule has 1 aromatic rings. The molecule has 1 saturated carbocycles. The summed E-state index contributed by atoms with van der Waals surface area (Å²) in [6.07, 6.45) is 10.7. The van der Waals surface area contributed by atoms with Crippen molar-refractivity contribution in [1.29, 1.82) is 0 Å². The van der Waals surface area contributed by atoms with Gasteiger partial charge in [0, 0.05) is 12.5 Å². The fourth-order valence-electron chi connectivity index (χ4n) is 2.72. The van der Waals surface area contributed by atoms with Gasteiger partial charge in [-0.05, 0) is 30.9 Å². The summed E-state index contributed by atoms with van der Waals surface area (Å²) < 4.78 is 0. The van der Waals surface area contributed by atoms with Crippen LogP contribution in [0.5, 0.6) is 0 Å². The van der Waals surface area contributed by atoms with Crippen LogP contribution in [0.25, 0.3) is 0 Å². The predicted octanol–water partition coefficient (Wildman–Crippen LogP) is 2.74. The van der Waals surface area contributed by atoms with Crippen molar-refractivity contribution in [3.8, 4) is 0 Å². The lowest BCUT2D eigenvalue weighted by molar-refractivity contribution is 0.462. The maximum atomic E-state index is 4.81. The molecule has 5 radical (unpaired) electrons. The van der Waals surface area contributed by atoms with E-state index >= 15 is 0 Å². The number of amidine groups is 1. The molecule has 3 aliphatic rings. The first-order valence-corrected chi connectivity index (χ1v) is 6.26. The zero-order chi connectivity index (χ0) is 11.9. The number of hydrogen-bond acceptors (Lipinski definition) is 2. The third-order valence-corrected chi connectivity index (χ3v) is 3.63. The Kier molecular flexibility index (Phi) is 2.29. The van der Waals surface area contributed by atoms with Gasteiger partial charge in [0.05, 0.1) is 12.1 Å². The van der Waals surface area contributed by atoms with Gasteiger partial charge in [-0.1, -0.05) is 36.4 Å². The van der Waals surface area contributed by atoms with Crippen molar-refractivity contribution in [2.45, 2.75) is 6.04 Å². The van der Waals surface area contributed by atoms with E-state index in [-0.39, 0.29) is 6.04 Å². The predicted molar refractivity (Wildman–Crippen MR) is 71.9 cm³/mol. The van der Waals surface area contributed by atoms with E-state index < -0.39 is 0 Å². The van der Waals surface area contributed by atoms with Crippen molar-refractivity contribution in [1.82, 2.24) is 4.90 Å². The van der Waals surface area contributed by atoms with Gasteiger partial charge in [0.1, 0.15) is 5.84 Å². The molecule has 0 N–H and O–H groups in total. The Morgan fingerprint density at radius 2 is 1.94 bits per heavy atom. The highest BCUT2D eigenvalue weighted by Gasteiger charge is 2.40. The first-order valence-electron chi connectivity index (χ1n) is 6.26. The van der Waals surface area contributed by atoms with Crippen LogP contribution in [0.2, 0.25) is 0 Å². The van der Waals surface area contributed by atoms with Gasteiger partial charge >= 0.3 is 0 Å². The summed E-state index contributed by atoms with van der Waals surface area (Å²) in [6.45, 7) is 0.945. The minimum atomic E-state index is 0.256. The van der Waals surface area contributed by atoms with Crippen LogP contribution in [-0.4, -0.2) is 17.3 Å². The second-order valence-electron chi connectivity index (χ2n) is 4.72. The number of fused-ring (bicyclic) bond motifs is 3. The van der Waals surface area contributed by atoms with Crippen LogP contribution >= 0.6 is 0 Å². The smallest absolute Gasteiger partial charge is 0.124 e. The Balaban J connectivity index is 1.64. The SMILES string of the molecule is [CH]1[CH][C]2C=CC3=NC(c4ccccc4)CN3[C]2[CH]1. The normalized spacial score (nSPS) is 27.2. The number of nitrogens with zero attached hydrogens (tertiary/aromatic N) is 2. The first kappa shape index (κ1) is 10.4. The molecule has 2 nitrogen and oxygen atoms in total. The van der Waals surface area contributed by atoms with E-state index in [0.717, 1.165) is 12.4 Å². The molecule has 1 aromatic carbocycles. The zero-order valence-corrected chi connectivity index (χ0v) is 9.95. The topological polar surface area (TPSA) is 15.6 Å². The molecule has 1 atom stereocenters. The Hall–Kier alpha value is -1.57. The molecule has 2 aliphatic heterocycles. The fraction of sp³-hybridized carbons (Fsp3) is 0.125. The van der Waals surface area contributed by atoms with Crippen LogP contribution in [0, 0.1) is 31.2 Å². The largest absolute Gasteiger partial charge is 0.345 e. The number of hydrogen-bond donors (Lipinski definition) is 0. The summed E-state index contributed by atoms with van der Waals surface area (Å²) in [5, 5.41) is 0. The van der Waals surface area contributed by atoms with E-state index in [2.05, 4.69) is 60.6 Å². The third-order valence-electron chi connectivity index (χ3n) is 3.63. The molecular weight excluding hydrogens is 220 g/mol. The van der Waals surface area contributed by atoms with Crippen LogP contribution in [0.1, 0.15) is 11.6 Å². The lowest BCUT2D eigenvalue weighted by Gasteiger charge is -2.32. The number of aliphatic imine (C=N–C) groups is 1. The molecule has 1 aliphatic carbocycles. The van der Waals surface area contributed by atoms with Gasteiger partial charge < -0.3 is 4.90 Å². The second kappa shape index (κ2) is 3.98. The van der Waals surface area contributed by atoms with Gasteiger partial charge in [-0.3, -0.25) is 4.99 Å². The summed E-state index contributed by atoms with van der Waals surface area (Å²) in [7, 11) is 0. The monoisotopic (exact) mass is 233 g/mol. The van der Waals surface area contributed by atoms with Crippen molar-refractivity contribution in [2.24, 2.45) is 4.99 Å². The maximum absolute atomic E-state index is 4.81. The van der Waals surface area contributed by atoms with Crippen LogP contribution in [0.15, 0.2) is 47.5 Å². The average Bonchev–Trinajstić information content (AvgIpc) is 3.05. The van der Waals surface area contributed by atoms with Crippen molar-refractivity contribution in [3.63, 3.8) is 0 Å². The minimum absolute atomic E-state index is 0.256. The highest BCUT2D eigenvalue weighted by atomic mass is 15.3. The average molecular weight is 233 g/mol. The van der Waals surface area contributed by atoms with E-state index in [4.69, 9.17) is 4.99 Å². The molecular formula is C16H13N2. The number of benzene rings is 1. The van der Waals surface area contributed by atoms with Crippen molar-refractivity contribution < 1.29 is 0 Å². The molecule has 0 aromatic heterocycles. The summed E-state index contributed by atoms with van der Waals surface area (Å²) in [5.74, 6) is 2.38. The van der Waals surface area contributed by atoms with E-state index in [9.17, 15) is 0 Å². The van der Waals surface area contributed by atoms with Crippen molar-refractivity contribution >= 4 is 5.84 Å². The Bertz CT molecular complexity index is 503. The first-order chi connectivity index (χ1) is 8.92. The van der Waals surface area contributed by atoms with E-state index in [1.165, 1.54) is 17.5 Å². The van der Waals surface area contributed by atoms with Gasteiger partial charge in [-0.15, -0.1) is 0 Å². The van der Waals surface area contributed by atoms with Gasteiger partial charge in [0.25, 0.3) is 0 Å². The molecule has 1 unspecified atom stereocenters. The van der Waals surface area contributed by atoms with Crippen LogP contribution in [-0.2, 0) is 0 Å². The highest BCUT2D eigenvalue weighted by Crippen LogP contribution is 2.43. The number of rotatable bonds is 1. The lowest BCUT2D eigenvalue weighted by atomic mass is 9.97. The minimum Gasteiger partial charge on any atom is -0.345 e. The lowest BCUT2D eigenvalue weighted by Crippen LogP contribution is -2.35. The Morgan fingerprint density at radius 1 is 1.06 bits per heavy atom. The van der Waals surface area contributed by atoms with Gasteiger partial charge in [0.15, 0.2) is 0 Å². The molecule has 87 valence electrons. The molecule has 4 rings (SSSR count). The maximum Gasteiger partial charge on any atom is 0.124 e. The zero-order valence-electron chi connectivity index (χ0n) is 9.95. The summed E-state index contributed by atoms with van der Waals surface area (Å²) in [6, 6.07) is 12.1. The van der Waals surface area contributed by atoms with Gasteiger partial charge in [0.2, 0.25) is 0 Å². The molecule has 1 fully saturated rings. The van der Waals surface area contributed by atoms with Gasteiger partial charge in [-0.25, -0.2) is 0 Å². The van der Waals surface area contributed by atoms with Crippen LogP contribution < -0.4 is 0 Å². The van der Waals surface area contributed by atoms with Crippen LogP contribution in [0.3, 0.4) is 0 Å². The molecule has 18 heavy (non-hydrogen) atoms. The molecule has 0 spiro atoms. The third kappa shape index (κ3) is 1.52. The van der Waals surface area contributed by atoms with Crippen LogP contribution in [0.4, 0.5) is 0 Å². The quantitative estimate of drug-likeness (QED) is 0.728. The van der Waals surface area contributed by atoms with Gasteiger partial charge in [-0.2, -0.15) is 0 Å². The Labute approximate surface area is 108 Å². The van der Waals surface area contributed by atoms with E-state index in [0.29, 0.717) is 0 Å². The Morgan fingerprint density at radius 3 is 2.83 bits per heavy atom. The molecule has 2 heterocycles. The summed E-state index contributed by atoms with van der Waals surface area (Å²) in [4.78, 5) is 7.13. The van der Waals surface area contributed by atoms with E-state index in [1.54, 1.807) is 0 Å². The van der Waals surface area contributed by atoms with Crippen molar-refractivity contribution in [2.75, 3.05) is 6.54 Å². The summed E-state index contributed by atoms with van der Waals surface area (Å²) in [5.41, 5.74) is 1.29. The highest BCUT2D eigenvalue weighted by molar-refractivity contribution is 5.98. The molecule has 0 amide bonds. The molecule has 2 heteroatoms. The second-order valence-corrected chi connectivity index (χ2v) is 4.72. The van der Waals surface area contributed by atoms with Crippen molar-refractivity contribution in [3.05, 3.63) is 79.3 Å². The molecule has 0 bridgehead atoms. The van der Waals surface area contributed by atoms with E-state index in [1.807, 2.05) is 6.07 Å². The summed E-state index contributed by atoms with van der Waals surface area (Å²) >= 11 is 0.